The van der Waals surface area contributed by atoms with Crippen LogP contribution in [-0.2, 0) is 0 Å². The second-order valence-corrected chi connectivity index (χ2v) is 5.43. The van der Waals surface area contributed by atoms with Crippen molar-refractivity contribution < 1.29 is 14.1 Å². The van der Waals surface area contributed by atoms with Gasteiger partial charge in [-0.1, -0.05) is 0 Å². The highest BCUT2D eigenvalue weighted by molar-refractivity contribution is 5.98. The monoisotopic (exact) mass is 295 g/mol. The Labute approximate surface area is 122 Å². The molecule has 1 fully saturated rings. The topological polar surface area (TPSA) is 66.7 Å². The standard InChI is InChI=1S/C14H18FN3O3/c1-16(2)11-4-3-7-17(9-11)14(19)12-8-10(15)5-6-13(12)18(20)21/h5-6,8,11H,3-4,7,9H2,1-2H3. The molecule has 1 aromatic carbocycles. The van der Waals surface area contributed by atoms with E-state index in [-0.39, 0.29) is 17.3 Å². The number of carbonyl (C=O) groups excluding carboxylic acids is 1. The van der Waals surface area contributed by atoms with E-state index in [0.717, 1.165) is 31.0 Å². The molecule has 21 heavy (non-hydrogen) atoms. The van der Waals surface area contributed by atoms with Crippen LogP contribution in [0.15, 0.2) is 18.2 Å². The summed E-state index contributed by atoms with van der Waals surface area (Å²) in [7, 11) is 3.87. The maximum Gasteiger partial charge on any atom is 0.282 e. The normalized spacial score (nSPS) is 18.9. The molecule has 1 saturated heterocycles. The number of likely N-dealkylation sites (N-methyl/N-ethyl adjacent to an activating group) is 1. The van der Waals surface area contributed by atoms with Gasteiger partial charge in [0.15, 0.2) is 0 Å². The minimum atomic E-state index is -0.653. The van der Waals surface area contributed by atoms with Crippen molar-refractivity contribution in [2.24, 2.45) is 0 Å². The number of nitrogens with zero attached hydrogens (tertiary/aromatic N) is 3. The van der Waals surface area contributed by atoms with Crippen LogP contribution in [-0.4, -0.2) is 53.9 Å². The van der Waals surface area contributed by atoms with Crippen LogP contribution in [0, 0.1) is 15.9 Å². The van der Waals surface area contributed by atoms with Crippen molar-refractivity contribution in [2.75, 3.05) is 27.2 Å². The van der Waals surface area contributed by atoms with Gasteiger partial charge in [0.25, 0.3) is 11.6 Å². The third-order valence-electron chi connectivity index (χ3n) is 3.80. The van der Waals surface area contributed by atoms with E-state index in [1.807, 2.05) is 19.0 Å². The van der Waals surface area contributed by atoms with Gasteiger partial charge < -0.3 is 9.80 Å². The van der Waals surface area contributed by atoms with Gasteiger partial charge in [0.2, 0.25) is 0 Å². The average molecular weight is 295 g/mol. The summed E-state index contributed by atoms with van der Waals surface area (Å²) < 4.78 is 13.3. The van der Waals surface area contributed by atoms with Gasteiger partial charge in [-0.05, 0) is 39.1 Å². The van der Waals surface area contributed by atoms with E-state index in [0.29, 0.717) is 13.1 Å². The summed E-state index contributed by atoms with van der Waals surface area (Å²) >= 11 is 0. The van der Waals surface area contributed by atoms with Gasteiger partial charge in [0.1, 0.15) is 11.4 Å². The second kappa shape index (κ2) is 6.17. The number of nitro benzene ring substituents is 1. The third-order valence-corrected chi connectivity index (χ3v) is 3.80. The highest BCUT2D eigenvalue weighted by Crippen LogP contribution is 2.23. The molecule has 0 aliphatic carbocycles. The zero-order valence-corrected chi connectivity index (χ0v) is 12.1. The lowest BCUT2D eigenvalue weighted by molar-refractivity contribution is -0.385. The molecule has 1 aromatic rings. The van der Waals surface area contributed by atoms with Gasteiger partial charge in [0.05, 0.1) is 4.92 Å². The molecular weight excluding hydrogens is 277 g/mol. The SMILES string of the molecule is CN(C)C1CCCN(C(=O)c2cc(F)ccc2[N+](=O)[O-])C1. The van der Waals surface area contributed by atoms with Gasteiger partial charge in [0, 0.05) is 25.2 Å². The fraction of sp³-hybridized carbons (Fsp3) is 0.500. The summed E-state index contributed by atoms with van der Waals surface area (Å²) in [6.07, 6.45) is 1.81. The summed E-state index contributed by atoms with van der Waals surface area (Å²) in [5.74, 6) is -1.13. The Bertz CT molecular complexity index is 562. The van der Waals surface area contributed by atoms with E-state index >= 15 is 0 Å². The zero-order chi connectivity index (χ0) is 15.6. The predicted molar refractivity (Wildman–Crippen MR) is 75.7 cm³/mol. The molecule has 0 radical (unpaired) electrons. The van der Waals surface area contributed by atoms with Crippen LogP contribution in [0.25, 0.3) is 0 Å². The van der Waals surface area contributed by atoms with Crippen LogP contribution < -0.4 is 0 Å². The molecule has 0 saturated carbocycles. The molecule has 0 N–H and O–H groups in total. The van der Waals surface area contributed by atoms with Crippen molar-refractivity contribution in [2.45, 2.75) is 18.9 Å². The van der Waals surface area contributed by atoms with Gasteiger partial charge in [-0.25, -0.2) is 4.39 Å². The molecule has 1 heterocycles. The van der Waals surface area contributed by atoms with Crippen molar-refractivity contribution in [3.05, 3.63) is 39.7 Å². The number of amides is 1. The lowest BCUT2D eigenvalue weighted by Gasteiger charge is -2.36. The molecular formula is C14H18FN3O3. The van der Waals surface area contributed by atoms with Crippen LogP contribution in [0.1, 0.15) is 23.2 Å². The summed E-state index contributed by atoms with van der Waals surface area (Å²) in [5, 5.41) is 11.0. The van der Waals surface area contributed by atoms with Crippen molar-refractivity contribution >= 4 is 11.6 Å². The van der Waals surface area contributed by atoms with E-state index < -0.39 is 16.6 Å². The Morgan fingerprint density at radius 3 is 2.81 bits per heavy atom. The molecule has 114 valence electrons. The van der Waals surface area contributed by atoms with E-state index in [2.05, 4.69) is 0 Å². The van der Waals surface area contributed by atoms with Gasteiger partial charge in [-0.15, -0.1) is 0 Å². The molecule has 0 bridgehead atoms. The minimum absolute atomic E-state index is 0.181. The van der Waals surface area contributed by atoms with E-state index in [4.69, 9.17) is 0 Å². The van der Waals surface area contributed by atoms with Crippen molar-refractivity contribution in [1.29, 1.82) is 0 Å². The summed E-state index contributed by atoms with van der Waals surface area (Å²) in [4.78, 5) is 26.4. The molecule has 6 nitrogen and oxygen atoms in total. The summed E-state index contributed by atoms with van der Waals surface area (Å²) in [6.45, 7) is 1.04. The minimum Gasteiger partial charge on any atom is -0.337 e. The summed E-state index contributed by atoms with van der Waals surface area (Å²) in [5.41, 5.74) is -0.534. The fourth-order valence-electron chi connectivity index (χ4n) is 2.57. The molecule has 0 aromatic heterocycles. The van der Waals surface area contributed by atoms with E-state index in [9.17, 15) is 19.3 Å². The molecule has 0 spiro atoms. The molecule has 2 rings (SSSR count). The largest absolute Gasteiger partial charge is 0.337 e. The first kappa shape index (κ1) is 15.4. The van der Waals surface area contributed by atoms with Gasteiger partial charge >= 0.3 is 0 Å². The molecule has 1 aliphatic heterocycles. The number of nitro groups is 1. The first-order chi connectivity index (χ1) is 9.90. The number of piperidine rings is 1. The van der Waals surface area contributed by atoms with Crippen LogP contribution in [0.3, 0.4) is 0 Å². The highest BCUT2D eigenvalue weighted by Gasteiger charge is 2.29. The average Bonchev–Trinajstić information content (AvgIpc) is 2.46. The second-order valence-electron chi connectivity index (χ2n) is 5.43. The maximum atomic E-state index is 13.3. The van der Waals surface area contributed by atoms with Crippen molar-refractivity contribution in [1.82, 2.24) is 9.80 Å². The zero-order valence-electron chi connectivity index (χ0n) is 12.1. The maximum absolute atomic E-state index is 13.3. The number of rotatable bonds is 3. The van der Waals surface area contributed by atoms with Gasteiger partial charge in [-0.2, -0.15) is 0 Å². The molecule has 1 amide bonds. The molecule has 1 aliphatic rings. The number of hydrogen-bond acceptors (Lipinski definition) is 4. The number of halogens is 1. The Morgan fingerprint density at radius 2 is 2.19 bits per heavy atom. The van der Waals surface area contributed by atoms with Crippen molar-refractivity contribution in [3.8, 4) is 0 Å². The number of carbonyl (C=O) groups is 1. The lowest BCUT2D eigenvalue weighted by atomic mass is 10.0. The number of likely N-dealkylation sites (tertiary alicyclic amines) is 1. The highest BCUT2D eigenvalue weighted by atomic mass is 19.1. The van der Waals surface area contributed by atoms with Crippen LogP contribution >= 0.6 is 0 Å². The van der Waals surface area contributed by atoms with Crippen LogP contribution in [0.4, 0.5) is 10.1 Å². The first-order valence-electron chi connectivity index (χ1n) is 6.80. The first-order valence-corrected chi connectivity index (χ1v) is 6.80. The third kappa shape index (κ3) is 3.36. The lowest BCUT2D eigenvalue weighted by Crippen LogP contribution is -2.47. The Hall–Kier alpha value is -2.02. The van der Waals surface area contributed by atoms with Gasteiger partial charge in [-0.3, -0.25) is 14.9 Å². The van der Waals surface area contributed by atoms with E-state index in [1.165, 1.54) is 0 Å². The Morgan fingerprint density at radius 1 is 1.48 bits per heavy atom. The number of hydrogen-bond donors (Lipinski definition) is 0. The molecule has 1 unspecified atom stereocenters. The predicted octanol–water partition coefficient (Wildman–Crippen LogP) is 1.90. The van der Waals surface area contributed by atoms with Crippen LogP contribution in [0.5, 0.6) is 0 Å². The van der Waals surface area contributed by atoms with E-state index in [1.54, 1.807) is 4.90 Å². The Balaban J connectivity index is 2.27. The molecule has 1 atom stereocenters. The fourth-order valence-corrected chi connectivity index (χ4v) is 2.57. The van der Waals surface area contributed by atoms with Crippen molar-refractivity contribution in [3.63, 3.8) is 0 Å². The molecule has 7 heteroatoms. The van der Waals surface area contributed by atoms with Crippen LogP contribution in [0.2, 0.25) is 0 Å². The smallest absolute Gasteiger partial charge is 0.282 e. The number of benzene rings is 1. The Kier molecular flexibility index (Phi) is 4.52. The summed E-state index contributed by atoms with van der Waals surface area (Å²) in [6, 6.07) is 3.19. The quantitative estimate of drug-likeness (QED) is 0.631.